The van der Waals surface area contributed by atoms with Gasteiger partial charge in [0.05, 0.1) is 11.1 Å². The van der Waals surface area contributed by atoms with E-state index in [0.29, 0.717) is 0 Å². The molecule has 0 aliphatic rings. The van der Waals surface area contributed by atoms with E-state index >= 15 is 0 Å². The van der Waals surface area contributed by atoms with Gasteiger partial charge in [0.2, 0.25) is 0 Å². The van der Waals surface area contributed by atoms with Gasteiger partial charge in [0, 0.05) is 26.1 Å². The first-order chi connectivity index (χ1) is 16.1. The number of aliphatic hydroxyl groups excluding tert-OH is 2. The Balaban J connectivity index is 0. The molecule has 0 atom stereocenters. The molecule has 0 radical (unpaired) electrons. The first kappa shape index (κ1) is 33.2. The van der Waals surface area contributed by atoms with E-state index in [9.17, 15) is 19.2 Å². The van der Waals surface area contributed by atoms with Crippen LogP contribution in [0.1, 0.15) is 97.8 Å². The number of aliphatic hydroxyl groups is 2. The summed E-state index contributed by atoms with van der Waals surface area (Å²) in [6, 6.07) is 5.02. The summed E-state index contributed by atoms with van der Waals surface area (Å²) in [5.74, 6) is -3.55. The Morgan fingerprint density at radius 1 is 0.471 bits per heavy atom. The minimum atomic E-state index is -1.06. The van der Waals surface area contributed by atoms with Gasteiger partial charge < -0.3 is 30.6 Å². The summed E-state index contributed by atoms with van der Waals surface area (Å²) in [5, 5.41) is 49.9. The topological polar surface area (TPSA) is 190 Å². The zero-order valence-electron chi connectivity index (χ0n) is 19.5. The molecule has 0 fully saturated rings. The van der Waals surface area contributed by atoms with Gasteiger partial charge in [-0.3, -0.25) is 9.59 Å². The van der Waals surface area contributed by atoms with Crippen LogP contribution in [0.3, 0.4) is 0 Å². The van der Waals surface area contributed by atoms with Crippen molar-refractivity contribution in [3.63, 3.8) is 0 Å². The first-order valence-electron chi connectivity index (χ1n) is 11.4. The second kappa shape index (κ2) is 23.2. The van der Waals surface area contributed by atoms with Gasteiger partial charge in [-0.25, -0.2) is 9.59 Å². The number of hydrogen-bond donors (Lipinski definition) is 6. The number of carbonyl (C=O) groups is 4. The fourth-order valence-corrected chi connectivity index (χ4v) is 2.59. The molecule has 0 bridgehead atoms. The zero-order chi connectivity index (χ0) is 26.2. The molecule has 0 spiro atoms. The molecule has 1 aromatic rings. The lowest BCUT2D eigenvalue weighted by Crippen LogP contribution is -1.99. The van der Waals surface area contributed by atoms with Crippen molar-refractivity contribution >= 4 is 23.9 Å². The molecule has 6 N–H and O–H groups in total. The van der Waals surface area contributed by atoms with E-state index < -0.39 is 23.9 Å². The smallest absolute Gasteiger partial charge is 0.335 e. The molecule has 0 saturated carbocycles. The molecular formula is C24H38O10. The number of unbranched alkanes of at least 4 members (excludes halogenated alkanes) is 8. The lowest BCUT2D eigenvalue weighted by molar-refractivity contribution is -0.138. The van der Waals surface area contributed by atoms with Crippen molar-refractivity contribution in [2.75, 3.05) is 13.2 Å². The van der Waals surface area contributed by atoms with Gasteiger partial charge in [0.15, 0.2) is 0 Å². The van der Waals surface area contributed by atoms with Crippen molar-refractivity contribution in [1.29, 1.82) is 0 Å². The minimum Gasteiger partial charge on any atom is -0.481 e. The van der Waals surface area contributed by atoms with Crippen LogP contribution in [0.15, 0.2) is 24.3 Å². The van der Waals surface area contributed by atoms with Gasteiger partial charge >= 0.3 is 23.9 Å². The Morgan fingerprint density at radius 3 is 0.941 bits per heavy atom. The van der Waals surface area contributed by atoms with Crippen LogP contribution < -0.4 is 0 Å². The van der Waals surface area contributed by atoms with Crippen LogP contribution in [-0.4, -0.2) is 67.7 Å². The van der Waals surface area contributed by atoms with E-state index in [1.807, 2.05) is 0 Å². The van der Waals surface area contributed by atoms with Gasteiger partial charge in [0.25, 0.3) is 0 Å². The second-order valence-electron chi connectivity index (χ2n) is 7.46. The summed E-state index contributed by atoms with van der Waals surface area (Å²) in [7, 11) is 0. The SMILES string of the molecule is O=C(O)CCCCCCCCCCC(=O)O.O=C(O)c1ccc(C(=O)O)cc1.OCCCCO. The normalized spacial score (nSPS) is 9.71. The van der Waals surface area contributed by atoms with Gasteiger partial charge in [-0.05, 0) is 49.9 Å². The van der Waals surface area contributed by atoms with E-state index in [2.05, 4.69) is 0 Å². The third kappa shape index (κ3) is 23.7. The van der Waals surface area contributed by atoms with Crippen molar-refractivity contribution in [3.05, 3.63) is 35.4 Å². The average molecular weight is 487 g/mol. The highest BCUT2D eigenvalue weighted by Gasteiger charge is 2.05. The number of hydrogen-bond acceptors (Lipinski definition) is 6. The van der Waals surface area contributed by atoms with Gasteiger partial charge in [0.1, 0.15) is 0 Å². The number of benzene rings is 1. The second-order valence-corrected chi connectivity index (χ2v) is 7.46. The standard InChI is InChI=1S/C12H22O4.C8H6O4.C4H10O2/c13-11(14)9-7-5-3-1-2-4-6-8-10-12(15)16;9-7(10)5-1-2-6(4-3-5)8(11)12;5-3-1-2-4-6/h1-10H2,(H,13,14)(H,15,16);1-4H,(H,9,10)(H,11,12);5-6H,1-4H2. The molecule has 0 unspecified atom stereocenters. The Hall–Kier alpha value is -2.98. The Kier molecular flexibility index (Phi) is 22.6. The van der Waals surface area contributed by atoms with Crippen LogP contribution in [0.4, 0.5) is 0 Å². The van der Waals surface area contributed by atoms with Crippen molar-refractivity contribution in [2.24, 2.45) is 0 Å². The highest BCUT2D eigenvalue weighted by molar-refractivity contribution is 5.91. The maximum absolute atomic E-state index is 10.3. The number of aromatic carboxylic acids is 2. The molecule has 0 saturated heterocycles. The fraction of sp³-hybridized carbons (Fsp3) is 0.583. The van der Waals surface area contributed by atoms with Gasteiger partial charge in [-0.15, -0.1) is 0 Å². The zero-order valence-corrected chi connectivity index (χ0v) is 19.5. The lowest BCUT2D eigenvalue weighted by Gasteiger charge is -2.00. The van der Waals surface area contributed by atoms with E-state index in [4.69, 9.17) is 30.6 Å². The van der Waals surface area contributed by atoms with Crippen molar-refractivity contribution in [2.45, 2.75) is 77.0 Å². The molecular weight excluding hydrogens is 448 g/mol. The summed E-state index contributed by atoms with van der Waals surface area (Å²) in [5.41, 5.74) is 0.167. The summed E-state index contributed by atoms with van der Waals surface area (Å²) < 4.78 is 0. The van der Waals surface area contributed by atoms with Crippen LogP contribution in [0.5, 0.6) is 0 Å². The molecule has 34 heavy (non-hydrogen) atoms. The van der Waals surface area contributed by atoms with Crippen molar-refractivity contribution in [1.82, 2.24) is 0 Å². The Bertz CT molecular complexity index is 626. The van der Waals surface area contributed by atoms with Gasteiger partial charge in [-0.2, -0.15) is 0 Å². The predicted octanol–water partition coefficient (Wildman–Crippen LogP) is 3.89. The number of aliphatic carboxylic acids is 2. The quantitative estimate of drug-likeness (QED) is 0.187. The number of carboxylic acid groups (broad SMARTS) is 4. The van der Waals surface area contributed by atoms with Crippen LogP contribution in [-0.2, 0) is 9.59 Å². The van der Waals surface area contributed by atoms with Crippen LogP contribution >= 0.6 is 0 Å². The molecule has 1 rings (SSSR count). The molecule has 0 aliphatic carbocycles. The molecule has 0 aliphatic heterocycles. The van der Waals surface area contributed by atoms with Gasteiger partial charge in [-0.1, -0.05) is 38.5 Å². The van der Waals surface area contributed by atoms with Crippen LogP contribution in [0, 0.1) is 0 Å². The maximum atomic E-state index is 10.3. The molecule has 0 heterocycles. The Labute approximate surface area is 199 Å². The fourth-order valence-electron chi connectivity index (χ4n) is 2.59. The van der Waals surface area contributed by atoms with E-state index in [0.717, 1.165) is 64.2 Å². The predicted molar refractivity (Wildman–Crippen MR) is 125 cm³/mol. The summed E-state index contributed by atoms with van der Waals surface area (Å²) >= 11 is 0. The van der Waals surface area contributed by atoms with Crippen molar-refractivity contribution < 1.29 is 49.8 Å². The number of carboxylic acids is 4. The van der Waals surface area contributed by atoms with E-state index in [-0.39, 0.29) is 37.2 Å². The first-order valence-corrected chi connectivity index (χ1v) is 11.4. The van der Waals surface area contributed by atoms with E-state index in [1.54, 1.807) is 0 Å². The monoisotopic (exact) mass is 486 g/mol. The highest BCUT2D eigenvalue weighted by Crippen LogP contribution is 2.10. The molecule has 10 nitrogen and oxygen atoms in total. The summed E-state index contributed by atoms with van der Waals surface area (Å²) in [6.07, 6.45) is 9.95. The third-order valence-corrected chi connectivity index (χ3v) is 4.48. The third-order valence-electron chi connectivity index (χ3n) is 4.48. The maximum Gasteiger partial charge on any atom is 0.335 e. The molecule has 1 aromatic carbocycles. The number of rotatable bonds is 16. The average Bonchev–Trinajstić information content (AvgIpc) is 2.79. The summed E-state index contributed by atoms with van der Waals surface area (Å²) in [6.45, 7) is 0.390. The largest absolute Gasteiger partial charge is 0.481 e. The molecule has 194 valence electrons. The summed E-state index contributed by atoms with van der Waals surface area (Å²) in [4.78, 5) is 41.1. The molecule has 0 aromatic heterocycles. The minimum absolute atomic E-state index is 0.0833. The lowest BCUT2D eigenvalue weighted by atomic mass is 10.1. The Morgan fingerprint density at radius 2 is 0.735 bits per heavy atom. The van der Waals surface area contributed by atoms with E-state index in [1.165, 1.54) is 24.3 Å². The van der Waals surface area contributed by atoms with Crippen LogP contribution in [0.25, 0.3) is 0 Å². The molecule has 0 amide bonds. The van der Waals surface area contributed by atoms with Crippen LogP contribution in [0.2, 0.25) is 0 Å². The highest BCUT2D eigenvalue weighted by atomic mass is 16.4. The molecule has 10 heteroatoms. The van der Waals surface area contributed by atoms with Crippen molar-refractivity contribution in [3.8, 4) is 0 Å².